The molecule has 1 aromatic carbocycles. The second kappa shape index (κ2) is 3.21. The molecule has 0 aliphatic carbocycles. The maximum atomic E-state index is 12.5. The first kappa shape index (κ1) is 7.71. The van der Waals surface area contributed by atoms with Gasteiger partial charge in [-0.2, -0.15) is 0 Å². The van der Waals surface area contributed by atoms with Crippen molar-refractivity contribution in [1.29, 1.82) is 0 Å². The topological polar surface area (TPSA) is 21.3 Å². The number of nitrogens with one attached hydrogen (secondary N) is 1. The van der Waals surface area contributed by atoms with Crippen LogP contribution in [0.25, 0.3) is 0 Å². The molecule has 1 aliphatic rings. The van der Waals surface area contributed by atoms with Gasteiger partial charge in [0.15, 0.2) is 0 Å². The summed E-state index contributed by atoms with van der Waals surface area (Å²) < 4.78 is 17.7. The van der Waals surface area contributed by atoms with Crippen LogP contribution in [0, 0.1) is 5.82 Å². The number of rotatable bonds is 1. The van der Waals surface area contributed by atoms with Gasteiger partial charge in [-0.15, -0.1) is 0 Å². The molecular formula is C9H10FNO. The summed E-state index contributed by atoms with van der Waals surface area (Å²) in [5.41, 5.74) is 1.08. The lowest BCUT2D eigenvalue weighted by molar-refractivity contribution is 0.189. The summed E-state index contributed by atoms with van der Waals surface area (Å²) in [5.74, 6) is -0.197. The van der Waals surface area contributed by atoms with Crippen LogP contribution >= 0.6 is 0 Å². The van der Waals surface area contributed by atoms with Crippen LogP contribution in [0.3, 0.4) is 0 Å². The zero-order valence-corrected chi connectivity index (χ0v) is 6.59. The number of benzene rings is 1. The molecule has 2 nitrogen and oxygen atoms in total. The van der Waals surface area contributed by atoms with Gasteiger partial charge >= 0.3 is 0 Å². The molecule has 12 heavy (non-hydrogen) atoms. The predicted molar refractivity (Wildman–Crippen MR) is 43.1 cm³/mol. The Morgan fingerprint density at radius 2 is 2.08 bits per heavy atom. The minimum Gasteiger partial charge on any atom is -0.364 e. The van der Waals surface area contributed by atoms with Crippen LogP contribution in [-0.4, -0.2) is 13.3 Å². The van der Waals surface area contributed by atoms with E-state index in [1.54, 1.807) is 12.1 Å². The molecule has 0 saturated carbocycles. The van der Waals surface area contributed by atoms with Crippen molar-refractivity contribution in [3.8, 4) is 0 Å². The van der Waals surface area contributed by atoms with Crippen LogP contribution in [-0.2, 0) is 4.74 Å². The maximum Gasteiger partial charge on any atom is 0.123 e. The highest BCUT2D eigenvalue weighted by Gasteiger charge is 2.15. The lowest BCUT2D eigenvalue weighted by Gasteiger charge is -2.07. The first-order chi connectivity index (χ1) is 5.86. The van der Waals surface area contributed by atoms with E-state index in [0.29, 0.717) is 13.3 Å². The van der Waals surface area contributed by atoms with Crippen molar-refractivity contribution < 1.29 is 9.13 Å². The van der Waals surface area contributed by atoms with E-state index in [4.69, 9.17) is 4.74 Å². The average molecular weight is 167 g/mol. The van der Waals surface area contributed by atoms with Crippen LogP contribution in [0.2, 0.25) is 0 Å². The summed E-state index contributed by atoms with van der Waals surface area (Å²) in [5, 5.41) is 3.15. The SMILES string of the molecule is Fc1ccc([C@H]2COCN2)cc1. The minimum atomic E-state index is -0.197. The molecule has 1 saturated heterocycles. The molecular weight excluding hydrogens is 157 g/mol. The average Bonchev–Trinajstić information content (AvgIpc) is 2.58. The summed E-state index contributed by atoms with van der Waals surface area (Å²) in [7, 11) is 0. The van der Waals surface area contributed by atoms with E-state index in [0.717, 1.165) is 5.56 Å². The molecule has 0 unspecified atom stereocenters. The van der Waals surface area contributed by atoms with Crippen LogP contribution in [0.4, 0.5) is 4.39 Å². The Bertz CT molecular complexity index is 254. The van der Waals surface area contributed by atoms with E-state index < -0.39 is 0 Å². The van der Waals surface area contributed by atoms with Gasteiger partial charge in [0.05, 0.1) is 19.4 Å². The minimum absolute atomic E-state index is 0.197. The van der Waals surface area contributed by atoms with Crippen molar-refractivity contribution in [2.75, 3.05) is 13.3 Å². The lowest BCUT2D eigenvalue weighted by atomic mass is 10.1. The van der Waals surface area contributed by atoms with Crippen molar-refractivity contribution in [2.45, 2.75) is 6.04 Å². The Hall–Kier alpha value is -0.930. The molecule has 1 fully saturated rings. The van der Waals surface area contributed by atoms with E-state index in [1.807, 2.05) is 0 Å². The van der Waals surface area contributed by atoms with Crippen molar-refractivity contribution >= 4 is 0 Å². The van der Waals surface area contributed by atoms with E-state index in [9.17, 15) is 4.39 Å². The van der Waals surface area contributed by atoms with Crippen molar-refractivity contribution in [2.24, 2.45) is 0 Å². The third-order valence-corrected chi connectivity index (χ3v) is 1.99. The lowest BCUT2D eigenvalue weighted by Crippen LogP contribution is -2.14. The van der Waals surface area contributed by atoms with Gasteiger partial charge in [-0.3, -0.25) is 5.32 Å². The fourth-order valence-corrected chi connectivity index (χ4v) is 1.30. The molecule has 1 aliphatic heterocycles. The second-order valence-electron chi connectivity index (χ2n) is 2.82. The van der Waals surface area contributed by atoms with Gasteiger partial charge in [0.25, 0.3) is 0 Å². The first-order valence-electron chi connectivity index (χ1n) is 3.93. The molecule has 1 heterocycles. The Balaban J connectivity index is 2.17. The number of ether oxygens (including phenoxy) is 1. The van der Waals surface area contributed by atoms with Crippen LogP contribution in [0.1, 0.15) is 11.6 Å². The maximum absolute atomic E-state index is 12.5. The summed E-state index contributed by atoms with van der Waals surface area (Å²) in [6, 6.07) is 6.72. The van der Waals surface area contributed by atoms with Gasteiger partial charge < -0.3 is 4.74 Å². The van der Waals surface area contributed by atoms with E-state index in [2.05, 4.69) is 5.32 Å². The molecule has 0 bridgehead atoms. The quantitative estimate of drug-likeness (QED) is 0.683. The van der Waals surface area contributed by atoms with E-state index in [-0.39, 0.29) is 11.9 Å². The van der Waals surface area contributed by atoms with Crippen LogP contribution < -0.4 is 5.32 Å². The summed E-state index contributed by atoms with van der Waals surface area (Å²) in [6.07, 6.45) is 0. The highest BCUT2D eigenvalue weighted by Crippen LogP contribution is 2.16. The van der Waals surface area contributed by atoms with Crippen LogP contribution in [0.15, 0.2) is 24.3 Å². The van der Waals surface area contributed by atoms with Crippen molar-refractivity contribution in [3.05, 3.63) is 35.6 Å². The summed E-state index contributed by atoms with van der Waals surface area (Å²) >= 11 is 0. The normalized spacial score (nSPS) is 22.9. The second-order valence-corrected chi connectivity index (χ2v) is 2.82. The number of hydrogen-bond donors (Lipinski definition) is 1. The van der Waals surface area contributed by atoms with Gasteiger partial charge in [-0.1, -0.05) is 12.1 Å². The van der Waals surface area contributed by atoms with Gasteiger partial charge in [-0.25, -0.2) is 4.39 Å². The molecule has 3 heteroatoms. The highest BCUT2D eigenvalue weighted by atomic mass is 19.1. The fraction of sp³-hybridized carbons (Fsp3) is 0.333. The first-order valence-corrected chi connectivity index (χ1v) is 3.93. The molecule has 0 spiro atoms. The summed E-state index contributed by atoms with van der Waals surface area (Å²) in [4.78, 5) is 0. The summed E-state index contributed by atoms with van der Waals surface area (Å²) in [6.45, 7) is 1.26. The standard InChI is InChI=1S/C9H10FNO/c10-8-3-1-7(2-4-8)9-5-12-6-11-9/h1-4,9,11H,5-6H2/t9-/m1/s1. The Kier molecular flexibility index (Phi) is 2.06. The molecule has 1 N–H and O–H groups in total. The zero-order valence-electron chi connectivity index (χ0n) is 6.59. The Morgan fingerprint density at radius 1 is 1.33 bits per heavy atom. The molecule has 2 rings (SSSR count). The third kappa shape index (κ3) is 1.47. The molecule has 0 radical (unpaired) electrons. The van der Waals surface area contributed by atoms with Crippen molar-refractivity contribution in [1.82, 2.24) is 5.32 Å². The monoisotopic (exact) mass is 167 g/mol. The highest BCUT2D eigenvalue weighted by molar-refractivity contribution is 5.20. The van der Waals surface area contributed by atoms with E-state index in [1.165, 1.54) is 12.1 Å². The van der Waals surface area contributed by atoms with Gasteiger partial charge in [-0.05, 0) is 17.7 Å². The largest absolute Gasteiger partial charge is 0.364 e. The molecule has 1 aromatic rings. The molecule has 0 aromatic heterocycles. The fourth-order valence-electron chi connectivity index (χ4n) is 1.30. The molecule has 0 amide bonds. The smallest absolute Gasteiger partial charge is 0.123 e. The van der Waals surface area contributed by atoms with Gasteiger partial charge in [0.2, 0.25) is 0 Å². The van der Waals surface area contributed by atoms with E-state index >= 15 is 0 Å². The molecule has 1 atom stereocenters. The van der Waals surface area contributed by atoms with Gasteiger partial charge in [0.1, 0.15) is 5.82 Å². The zero-order chi connectivity index (χ0) is 8.39. The van der Waals surface area contributed by atoms with Gasteiger partial charge in [0, 0.05) is 0 Å². The number of halogens is 1. The van der Waals surface area contributed by atoms with Crippen molar-refractivity contribution in [3.63, 3.8) is 0 Å². The Morgan fingerprint density at radius 3 is 2.67 bits per heavy atom. The molecule has 64 valence electrons. The Labute approximate surface area is 70.3 Å². The predicted octanol–water partition coefficient (Wildman–Crippen LogP) is 1.44. The third-order valence-electron chi connectivity index (χ3n) is 1.99. The number of hydrogen-bond acceptors (Lipinski definition) is 2. The van der Waals surface area contributed by atoms with Crippen LogP contribution in [0.5, 0.6) is 0 Å².